The Morgan fingerprint density at radius 3 is 2.39 bits per heavy atom. The zero-order valence-electron chi connectivity index (χ0n) is 9.29. The molecule has 2 rings (SSSR count). The first-order valence-corrected chi connectivity index (χ1v) is 5.26. The highest BCUT2D eigenvalue weighted by Gasteiger charge is 2.14. The van der Waals surface area contributed by atoms with Crippen molar-refractivity contribution in [1.29, 1.82) is 0 Å². The number of rotatable bonds is 3. The summed E-state index contributed by atoms with van der Waals surface area (Å²) in [6.07, 6.45) is -1.01. The third-order valence-electron chi connectivity index (χ3n) is 2.58. The normalized spacial score (nSPS) is 12.1. The van der Waals surface area contributed by atoms with Crippen molar-refractivity contribution in [2.24, 2.45) is 0 Å². The van der Waals surface area contributed by atoms with Gasteiger partial charge in [-0.25, -0.2) is 4.39 Å². The molecule has 92 valence electrons. The third-order valence-corrected chi connectivity index (χ3v) is 2.58. The van der Waals surface area contributed by atoms with Gasteiger partial charge in [-0.3, -0.25) is 10.1 Å². The maximum atomic E-state index is 12.8. The van der Waals surface area contributed by atoms with Crippen LogP contribution in [0.25, 0.3) is 0 Å². The highest BCUT2D eigenvalue weighted by Crippen LogP contribution is 2.25. The summed E-state index contributed by atoms with van der Waals surface area (Å²) in [4.78, 5) is 10.1. The fourth-order valence-corrected chi connectivity index (χ4v) is 1.65. The van der Waals surface area contributed by atoms with Crippen molar-refractivity contribution in [1.82, 2.24) is 0 Å². The lowest BCUT2D eigenvalue weighted by atomic mass is 10.0. The highest BCUT2D eigenvalue weighted by molar-refractivity contribution is 5.38. The third kappa shape index (κ3) is 2.52. The topological polar surface area (TPSA) is 63.4 Å². The number of aliphatic hydroxyl groups is 1. The minimum atomic E-state index is -1.01. The second-order valence-corrected chi connectivity index (χ2v) is 3.81. The average Bonchev–Trinajstić information content (AvgIpc) is 2.39. The van der Waals surface area contributed by atoms with E-state index in [4.69, 9.17) is 0 Å². The molecule has 0 aliphatic carbocycles. The van der Waals surface area contributed by atoms with Gasteiger partial charge in [0.25, 0.3) is 5.69 Å². The molecule has 0 aliphatic rings. The van der Waals surface area contributed by atoms with Gasteiger partial charge in [-0.05, 0) is 23.3 Å². The van der Waals surface area contributed by atoms with Crippen LogP contribution in [0.15, 0.2) is 48.5 Å². The Balaban J connectivity index is 2.33. The van der Waals surface area contributed by atoms with E-state index >= 15 is 0 Å². The fraction of sp³-hybridized carbons (Fsp3) is 0.0769. The maximum Gasteiger partial charge on any atom is 0.269 e. The van der Waals surface area contributed by atoms with Gasteiger partial charge < -0.3 is 5.11 Å². The first-order valence-electron chi connectivity index (χ1n) is 5.26. The van der Waals surface area contributed by atoms with Gasteiger partial charge in [-0.15, -0.1) is 0 Å². The standard InChI is InChI=1S/C13H10FNO3/c14-11-6-4-9(5-7-11)13(16)10-2-1-3-12(8-10)15(17)18/h1-8,13,16H. The van der Waals surface area contributed by atoms with Crippen LogP contribution in [0, 0.1) is 15.9 Å². The lowest BCUT2D eigenvalue weighted by Gasteiger charge is -2.11. The molecule has 0 saturated heterocycles. The molecule has 5 heteroatoms. The van der Waals surface area contributed by atoms with Gasteiger partial charge in [-0.2, -0.15) is 0 Å². The second-order valence-electron chi connectivity index (χ2n) is 3.81. The van der Waals surface area contributed by atoms with Gasteiger partial charge in [0, 0.05) is 12.1 Å². The predicted molar refractivity (Wildman–Crippen MR) is 63.6 cm³/mol. The van der Waals surface area contributed by atoms with E-state index in [1.165, 1.54) is 42.5 Å². The Morgan fingerprint density at radius 2 is 1.78 bits per heavy atom. The fourth-order valence-electron chi connectivity index (χ4n) is 1.65. The Labute approximate surface area is 102 Å². The van der Waals surface area contributed by atoms with Gasteiger partial charge in [0.1, 0.15) is 11.9 Å². The van der Waals surface area contributed by atoms with Crippen molar-refractivity contribution in [3.8, 4) is 0 Å². The molecule has 18 heavy (non-hydrogen) atoms. The van der Waals surface area contributed by atoms with Gasteiger partial charge in [0.2, 0.25) is 0 Å². The maximum absolute atomic E-state index is 12.8. The molecular weight excluding hydrogens is 237 g/mol. The van der Waals surface area contributed by atoms with Crippen molar-refractivity contribution < 1.29 is 14.4 Å². The lowest BCUT2D eigenvalue weighted by Crippen LogP contribution is -2.00. The smallest absolute Gasteiger partial charge is 0.269 e. The quantitative estimate of drug-likeness (QED) is 0.670. The molecule has 0 bridgehead atoms. The summed E-state index contributed by atoms with van der Waals surface area (Å²) < 4.78 is 12.8. The molecule has 2 aromatic rings. The summed E-state index contributed by atoms with van der Waals surface area (Å²) in [7, 11) is 0. The van der Waals surface area contributed by atoms with Crippen LogP contribution in [0.4, 0.5) is 10.1 Å². The van der Waals surface area contributed by atoms with Gasteiger partial charge in [-0.1, -0.05) is 24.3 Å². The molecule has 0 radical (unpaired) electrons. The molecule has 1 atom stereocenters. The molecule has 1 N–H and O–H groups in total. The number of nitro benzene ring substituents is 1. The van der Waals surface area contributed by atoms with Crippen molar-refractivity contribution in [2.75, 3.05) is 0 Å². The first kappa shape index (κ1) is 12.2. The molecule has 0 saturated carbocycles. The second kappa shape index (κ2) is 4.93. The Hall–Kier alpha value is -2.27. The number of aliphatic hydroxyl groups excluding tert-OH is 1. The Morgan fingerprint density at radius 1 is 1.11 bits per heavy atom. The molecule has 0 fully saturated rings. The van der Waals surface area contributed by atoms with Crippen LogP contribution in [-0.4, -0.2) is 10.0 Å². The number of non-ortho nitro benzene ring substituents is 1. The van der Waals surface area contributed by atoms with Gasteiger partial charge in [0.05, 0.1) is 4.92 Å². The summed E-state index contributed by atoms with van der Waals surface area (Å²) in [6.45, 7) is 0. The number of benzene rings is 2. The minimum absolute atomic E-state index is 0.0892. The van der Waals surface area contributed by atoms with Crippen molar-refractivity contribution in [2.45, 2.75) is 6.10 Å². The van der Waals surface area contributed by atoms with Gasteiger partial charge in [0.15, 0.2) is 0 Å². The Bertz CT molecular complexity index is 569. The molecule has 4 nitrogen and oxygen atoms in total. The highest BCUT2D eigenvalue weighted by atomic mass is 19.1. The van der Waals surface area contributed by atoms with Crippen LogP contribution < -0.4 is 0 Å². The predicted octanol–water partition coefficient (Wildman–Crippen LogP) is 2.82. The van der Waals surface area contributed by atoms with E-state index in [1.54, 1.807) is 6.07 Å². The van der Waals surface area contributed by atoms with Crippen molar-refractivity contribution in [3.63, 3.8) is 0 Å². The van der Waals surface area contributed by atoms with E-state index in [9.17, 15) is 19.6 Å². The first-order chi connectivity index (χ1) is 8.58. The summed E-state index contributed by atoms with van der Waals surface area (Å²) in [5, 5.41) is 20.7. The monoisotopic (exact) mass is 247 g/mol. The molecule has 0 amide bonds. The summed E-state index contributed by atoms with van der Waals surface area (Å²) in [5.41, 5.74) is 0.793. The molecule has 0 heterocycles. The minimum Gasteiger partial charge on any atom is -0.384 e. The average molecular weight is 247 g/mol. The lowest BCUT2D eigenvalue weighted by molar-refractivity contribution is -0.385. The van der Waals surface area contributed by atoms with E-state index in [0.717, 1.165) is 0 Å². The van der Waals surface area contributed by atoms with Crippen molar-refractivity contribution >= 4 is 5.69 Å². The van der Waals surface area contributed by atoms with Crippen LogP contribution in [0.1, 0.15) is 17.2 Å². The van der Waals surface area contributed by atoms with Crippen LogP contribution in [-0.2, 0) is 0 Å². The molecule has 0 aromatic heterocycles. The summed E-state index contributed by atoms with van der Waals surface area (Å²) in [6, 6.07) is 11.1. The van der Waals surface area contributed by atoms with Crippen LogP contribution in [0.2, 0.25) is 0 Å². The van der Waals surface area contributed by atoms with Crippen LogP contribution >= 0.6 is 0 Å². The largest absolute Gasteiger partial charge is 0.384 e. The van der Waals surface area contributed by atoms with Crippen LogP contribution in [0.3, 0.4) is 0 Å². The number of hydrogen-bond acceptors (Lipinski definition) is 3. The van der Waals surface area contributed by atoms with E-state index in [2.05, 4.69) is 0 Å². The zero-order valence-corrected chi connectivity index (χ0v) is 9.29. The van der Waals surface area contributed by atoms with E-state index in [0.29, 0.717) is 11.1 Å². The van der Waals surface area contributed by atoms with Crippen LogP contribution in [0.5, 0.6) is 0 Å². The molecule has 0 aliphatic heterocycles. The molecular formula is C13H10FNO3. The number of nitrogens with zero attached hydrogens (tertiary/aromatic N) is 1. The molecule has 0 spiro atoms. The number of halogens is 1. The molecule has 2 aromatic carbocycles. The SMILES string of the molecule is O=[N+]([O-])c1cccc(C(O)c2ccc(F)cc2)c1. The van der Waals surface area contributed by atoms with E-state index < -0.39 is 16.8 Å². The Kier molecular flexibility index (Phi) is 3.34. The van der Waals surface area contributed by atoms with E-state index in [1.807, 2.05) is 0 Å². The summed E-state index contributed by atoms with van der Waals surface area (Å²) >= 11 is 0. The number of nitro groups is 1. The molecule has 1 unspecified atom stereocenters. The van der Waals surface area contributed by atoms with Crippen molar-refractivity contribution in [3.05, 3.63) is 75.6 Å². The summed E-state index contributed by atoms with van der Waals surface area (Å²) in [5.74, 6) is -0.398. The van der Waals surface area contributed by atoms with Gasteiger partial charge >= 0.3 is 0 Å². The zero-order chi connectivity index (χ0) is 13.1. The van der Waals surface area contributed by atoms with E-state index in [-0.39, 0.29) is 5.69 Å². The number of hydrogen-bond donors (Lipinski definition) is 1.